The lowest BCUT2D eigenvalue weighted by Crippen LogP contribution is -2.17. The summed E-state index contributed by atoms with van der Waals surface area (Å²) in [6.45, 7) is 1.98. The molecule has 4 heteroatoms. The minimum absolute atomic E-state index is 0.526. The highest BCUT2D eigenvalue weighted by molar-refractivity contribution is 9.10. The zero-order valence-electron chi connectivity index (χ0n) is 7.21. The van der Waals surface area contributed by atoms with Gasteiger partial charge in [0.15, 0.2) is 0 Å². The number of ether oxygens (including phenoxy) is 1. The van der Waals surface area contributed by atoms with Gasteiger partial charge in [0.05, 0.1) is 0 Å². The largest absolute Gasteiger partial charge is 0.410 e. The van der Waals surface area contributed by atoms with Gasteiger partial charge in [-0.2, -0.15) is 0 Å². The molecule has 0 aliphatic heterocycles. The molecule has 0 fully saturated rings. The van der Waals surface area contributed by atoms with E-state index in [1.165, 1.54) is 0 Å². The van der Waals surface area contributed by atoms with Gasteiger partial charge >= 0.3 is 6.09 Å². The van der Waals surface area contributed by atoms with Crippen molar-refractivity contribution in [2.24, 2.45) is 5.73 Å². The molecule has 13 heavy (non-hydrogen) atoms. The lowest BCUT2D eigenvalue weighted by atomic mass is 10.1. The average molecular weight is 244 g/mol. The maximum Gasteiger partial charge on any atom is 0.409 e. The molecular weight excluding hydrogens is 234 g/mol. The second-order valence-corrected chi connectivity index (χ2v) is 3.44. The fraction of sp³-hybridized carbons (Fsp3) is 0.222. The summed E-state index contributed by atoms with van der Waals surface area (Å²) in [6, 6.07) is 5.42. The van der Waals surface area contributed by atoms with Crippen molar-refractivity contribution >= 4 is 22.0 Å². The fourth-order valence-electron chi connectivity index (χ4n) is 1.03. The summed E-state index contributed by atoms with van der Waals surface area (Å²) in [4.78, 5) is 10.5. The van der Waals surface area contributed by atoms with Crippen LogP contribution >= 0.6 is 15.9 Å². The third kappa shape index (κ3) is 2.73. The highest BCUT2D eigenvalue weighted by Crippen LogP contribution is 2.23. The van der Waals surface area contributed by atoms with Crippen LogP contribution in [0.4, 0.5) is 4.79 Å². The molecule has 0 saturated carbocycles. The number of rotatable bonds is 2. The zero-order chi connectivity index (χ0) is 9.84. The van der Waals surface area contributed by atoms with Crippen molar-refractivity contribution in [1.82, 2.24) is 0 Å². The normalized spacial score (nSPS) is 9.69. The summed E-state index contributed by atoms with van der Waals surface area (Å²) in [5, 5.41) is 0. The van der Waals surface area contributed by atoms with Crippen LogP contribution in [0.5, 0.6) is 5.75 Å². The number of amides is 1. The molecule has 0 atom stereocenters. The molecule has 0 saturated heterocycles. The van der Waals surface area contributed by atoms with Crippen LogP contribution < -0.4 is 10.5 Å². The van der Waals surface area contributed by atoms with Crippen molar-refractivity contribution in [2.45, 2.75) is 13.3 Å². The van der Waals surface area contributed by atoms with E-state index >= 15 is 0 Å². The smallest absolute Gasteiger partial charge is 0.409 e. The number of hydrogen-bond acceptors (Lipinski definition) is 2. The van der Waals surface area contributed by atoms with Crippen LogP contribution in [-0.2, 0) is 6.42 Å². The molecule has 70 valence electrons. The van der Waals surface area contributed by atoms with E-state index in [1.54, 1.807) is 12.1 Å². The summed E-state index contributed by atoms with van der Waals surface area (Å²) in [5.74, 6) is 0.526. The summed E-state index contributed by atoms with van der Waals surface area (Å²) >= 11 is 3.33. The van der Waals surface area contributed by atoms with Crippen molar-refractivity contribution in [3.05, 3.63) is 28.2 Å². The molecule has 1 rings (SSSR count). The predicted octanol–water partition coefficient (Wildman–Crippen LogP) is 2.47. The highest BCUT2D eigenvalue weighted by Gasteiger charge is 2.04. The Bertz CT molecular complexity index is 325. The summed E-state index contributed by atoms with van der Waals surface area (Å²) < 4.78 is 5.77. The van der Waals surface area contributed by atoms with Gasteiger partial charge in [-0.05, 0) is 30.2 Å². The molecule has 3 nitrogen and oxygen atoms in total. The van der Waals surface area contributed by atoms with E-state index in [2.05, 4.69) is 15.9 Å². The monoisotopic (exact) mass is 243 g/mol. The van der Waals surface area contributed by atoms with Crippen molar-refractivity contribution < 1.29 is 9.53 Å². The number of nitrogens with two attached hydrogens (primary N) is 1. The van der Waals surface area contributed by atoms with Gasteiger partial charge in [0.2, 0.25) is 0 Å². The first-order valence-electron chi connectivity index (χ1n) is 3.89. The minimum Gasteiger partial charge on any atom is -0.410 e. The minimum atomic E-state index is -0.781. The third-order valence-corrected chi connectivity index (χ3v) is 2.11. The third-order valence-electron chi connectivity index (χ3n) is 1.61. The van der Waals surface area contributed by atoms with Crippen molar-refractivity contribution in [3.8, 4) is 5.75 Å². The van der Waals surface area contributed by atoms with Crippen molar-refractivity contribution in [2.75, 3.05) is 0 Å². The lowest BCUT2D eigenvalue weighted by molar-refractivity contribution is 0.210. The van der Waals surface area contributed by atoms with Gasteiger partial charge in [-0.1, -0.05) is 22.9 Å². The van der Waals surface area contributed by atoms with Crippen LogP contribution in [0.1, 0.15) is 12.5 Å². The SMILES string of the molecule is CCc1cc(Br)ccc1OC(N)=O. The highest BCUT2D eigenvalue weighted by atomic mass is 79.9. The van der Waals surface area contributed by atoms with E-state index in [-0.39, 0.29) is 0 Å². The van der Waals surface area contributed by atoms with Gasteiger partial charge in [0.25, 0.3) is 0 Å². The number of carbonyl (C=O) groups excluding carboxylic acids is 1. The topological polar surface area (TPSA) is 52.3 Å². The fourth-order valence-corrected chi connectivity index (χ4v) is 1.44. The second-order valence-electron chi connectivity index (χ2n) is 2.53. The first kappa shape index (κ1) is 10.1. The molecule has 0 bridgehead atoms. The second kappa shape index (κ2) is 4.28. The number of primary amides is 1. The molecule has 0 spiro atoms. The van der Waals surface area contributed by atoms with E-state index in [0.717, 1.165) is 16.5 Å². The number of hydrogen-bond donors (Lipinski definition) is 1. The number of halogens is 1. The van der Waals surface area contributed by atoms with Crippen molar-refractivity contribution in [3.63, 3.8) is 0 Å². The van der Waals surface area contributed by atoms with Crippen LogP contribution in [-0.4, -0.2) is 6.09 Å². The van der Waals surface area contributed by atoms with Gasteiger partial charge in [-0.25, -0.2) is 4.79 Å². The molecular formula is C9H10BrNO2. The number of aryl methyl sites for hydroxylation is 1. The van der Waals surface area contributed by atoms with Crippen LogP contribution in [0.25, 0.3) is 0 Å². The van der Waals surface area contributed by atoms with E-state index in [4.69, 9.17) is 10.5 Å². The Morgan fingerprint density at radius 2 is 2.31 bits per heavy atom. The summed E-state index contributed by atoms with van der Waals surface area (Å²) in [7, 11) is 0. The molecule has 0 aromatic heterocycles. The molecule has 0 heterocycles. The Labute approximate surface area is 85.0 Å². The van der Waals surface area contributed by atoms with Gasteiger partial charge in [0.1, 0.15) is 5.75 Å². The molecule has 2 N–H and O–H groups in total. The van der Waals surface area contributed by atoms with Crippen LogP contribution in [0.15, 0.2) is 22.7 Å². The predicted molar refractivity (Wildman–Crippen MR) is 53.7 cm³/mol. The van der Waals surface area contributed by atoms with E-state index in [0.29, 0.717) is 5.75 Å². The maximum absolute atomic E-state index is 10.5. The first-order chi connectivity index (χ1) is 6.13. The Morgan fingerprint density at radius 3 is 2.85 bits per heavy atom. The van der Waals surface area contributed by atoms with Crippen LogP contribution in [0.2, 0.25) is 0 Å². The molecule has 1 aromatic carbocycles. The van der Waals surface area contributed by atoms with Gasteiger partial charge in [-0.15, -0.1) is 0 Å². The summed E-state index contributed by atoms with van der Waals surface area (Å²) in [5.41, 5.74) is 5.87. The Hall–Kier alpha value is -1.03. The van der Waals surface area contributed by atoms with Gasteiger partial charge in [0, 0.05) is 4.47 Å². The molecule has 1 amide bonds. The average Bonchev–Trinajstić information content (AvgIpc) is 2.07. The van der Waals surface area contributed by atoms with Crippen LogP contribution in [0, 0.1) is 0 Å². The Morgan fingerprint density at radius 1 is 1.62 bits per heavy atom. The van der Waals surface area contributed by atoms with Gasteiger partial charge < -0.3 is 10.5 Å². The number of benzene rings is 1. The zero-order valence-corrected chi connectivity index (χ0v) is 8.80. The number of carbonyl (C=O) groups is 1. The standard InChI is InChI=1S/C9H10BrNO2/c1-2-6-5-7(10)3-4-8(6)13-9(11)12/h3-5H,2H2,1H3,(H2,11,12). The van der Waals surface area contributed by atoms with Crippen LogP contribution in [0.3, 0.4) is 0 Å². The van der Waals surface area contributed by atoms with Crippen molar-refractivity contribution in [1.29, 1.82) is 0 Å². The van der Waals surface area contributed by atoms with Gasteiger partial charge in [-0.3, -0.25) is 0 Å². The van der Waals surface area contributed by atoms with E-state index in [1.807, 2.05) is 13.0 Å². The molecule has 0 aliphatic rings. The molecule has 0 radical (unpaired) electrons. The van der Waals surface area contributed by atoms with E-state index < -0.39 is 6.09 Å². The molecule has 0 unspecified atom stereocenters. The van der Waals surface area contributed by atoms with E-state index in [9.17, 15) is 4.79 Å². The first-order valence-corrected chi connectivity index (χ1v) is 4.68. The molecule has 1 aromatic rings. The Kier molecular flexibility index (Phi) is 3.31. The summed E-state index contributed by atoms with van der Waals surface area (Å²) in [6.07, 6.45) is 0.0132. The lowest BCUT2D eigenvalue weighted by Gasteiger charge is -2.06. The Balaban J connectivity index is 2.99. The molecule has 0 aliphatic carbocycles. The maximum atomic E-state index is 10.5. The quantitative estimate of drug-likeness (QED) is 0.868.